The first-order chi connectivity index (χ1) is 10.8. The number of allylic oxidation sites excluding steroid dienone is 4. The molecule has 0 atom stereocenters. The van der Waals surface area contributed by atoms with Crippen LogP contribution in [0.3, 0.4) is 0 Å². The van der Waals surface area contributed by atoms with E-state index in [1.165, 1.54) is 36.1 Å². The van der Waals surface area contributed by atoms with E-state index in [-0.39, 0.29) is 0 Å². The normalized spacial score (nSPS) is 12.2. The van der Waals surface area contributed by atoms with Gasteiger partial charge in [-0.25, -0.2) is 4.98 Å². The Kier molecular flexibility index (Phi) is 6.69. The maximum atomic E-state index is 4.08. The SMILES string of the molecule is C/C=C\C(=C/CC)CCCCc1ccc(-n2ccnc2)cc1. The van der Waals surface area contributed by atoms with Gasteiger partial charge >= 0.3 is 0 Å². The second kappa shape index (κ2) is 9.04. The van der Waals surface area contributed by atoms with E-state index in [1.54, 1.807) is 6.20 Å². The molecule has 1 aromatic heterocycles. The van der Waals surface area contributed by atoms with Crippen molar-refractivity contribution in [3.63, 3.8) is 0 Å². The molecule has 0 unspecified atom stereocenters. The van der Waals surface area contributed by atoms with Crippen LogP contribution >= 0.6 is 0 Å². The highest BCUT2D eigenvalue weighted by Crippen LogP contribution is 2.15. The Bertz CT molecular complexity index is 589. The van der Waals surface area contributed by atoms with Gasteiger partial charge in [-0.3, -0.25) is 0 Å². The minimum atomic E-state index is 1.12. The summed E-state index contributed by atoms with van der Waals surface area (Å²) < 4.78 is 2.03. The van der Waals surface area contributed by atoms with Crippen LogP contribution in [0.1, 0.15) is 45.1 Å². The molecule has 0 N–H and O–H groups in total. The van der Waals surface area contributed by atoms with Crippen molar-refractivity contribution in [3.8, 4) is 5.69 Å². The van der Waals surface area contributed by atoms with Crippen LogP contribution in [0.4, 0.5) is 0 Å². The number of hydrogen-bond acceptors (Lipinski definition) is 1. The van der Waals surface area contributed by atoms with E-state index in [2.05, 4.69) is 61.3 Å². The lowest BCUT2D eigenvalue weighted by Crippen LogP contribution is -1.91. The first-order valence-electron chi connectivity index (χ1n) is 8.22. The summed E-state index contributed by atoms with van der Waals surface area (Å²) in [6.07, 6.45) is 18.3. The molecular formula is C20H26N2. The Balaban J connectivity index is 1.79. The molecule has 1 aromatic carbocycles. The van der Waals surface area contributed by atoms with Gasteiger partial charge in [0.1, 0.15) is 0 Å². The zero-order valence-electron chi connectivity index (χ0n) is 13.7. The Morgan fingerprint density at radius 3 is 2.64 bits per heavy atom. The van der Waals surface area contributed by atoms with Crippen LogP contribution in [-0.2, 0) is 6.42 Å². The molecule has 0 aliphatic carbocycles. The van der Waals surface area contributed by atoms with E-state index in [0.717, 1.165) is 12.8 Å². The van der Waals surface area contributed by atoms with Gasteiger partial charge in [-0.15, -0.1) is 0 Å². The molecule has 2 aromatic rings. The molecule has 0 bridgehead atoms. The molecule has 2 heteroatoms. The molecule has 0 aliphatic rings. The predicted molar refractivity (Wildman–Crippen MR) is 94.3 cm³/mol. The van der Waals surface area contributed by atoms with Gasteiger partial charge in [-0.2, -0.15) is 0 Å². The van der Waals surface area contributed by atoms with Crippen molar-refractivity contribution in [2.75, 3.05) is 0 Å². The van der Waals surface area contributed by atoms with Gasteiger partial charge in [0.25, 0.3) is 0 Å². The van der Waals surface area contributed by atoms with Gasteiger partial charge in [0.2, 0.25) is 0 Å². The second-order valence-corrected chi connectivity index (χ2v) is 5.53. The van der Waals surface area contributed by atoms with Gasteiger partial charge in [0.15, 0.2) is 0 Å². The van der Waals surface area contributed by atoms with Crippen LogP contribution in [-0.4, -0.2) is 9.55 Å². The number of unbranched alkanes of at least 4 members (excludes halogenated alkanes) is 1. The maximum Gasteiger partial charge on any atom is 0.0991 e. The minimum Gasteiger partial charge on any atom is -0.306 e. The Morgan fingerprint density at radius 2 is 2.00 bits per heavy atom. The number of imidazole rings is 1. The fraction of sp³-hybridized carbons (Fsp3) is 0.350. The third-order valence-corrected chi connectivity index (χ3v) is 3.77. The maximum absolute atomic E-state index is 4.08. The lowest BCUT2D eigenvalue weighted by atomic mass is 10.0. The summed E-state index contributed by atoms with van der Waals surface area (Å²) in [5.41, 5.74) is 4.05. The van der Waals surface area contributed by atoms with E-state index in [1.807, 2.05) is 17.1 Å². The Labute approximate surface area is 134 Å². The lowest BCUT2D eigenvalue weighted by Gasteiger charge is -2.06. The number of hydrogen-bond donors (Lipinski definition) is 0. The molecule has 0 saturated heterocycles. The smallest absolute Gasteiger partial charge is 0.0991 e. The average Bonchev–Trinajstić information content (AvgIpc) is 3.07. The third kappa shape index (κ3) is 5.03. The average molecular weight is 294 g/mol. The van der Waals surface area contributed by atoms with E-state index in [9.17, 15) is 0 Å². The van der Waals surface area contributed by atoms with Crippen LogP contribution in [0.25, 0.3) is 5.69 Å². The fourth-order valence-electron chi connectivity index (χ4n) is 2.63. The summed E-state index contributed by atoms with van der Waals surface area (Å²) in [5, 5.41) is 0. The van der Waals surface area contributed by atoms with Crippen molar-refractivity contribution in [2.24, 2.45) is 0 Å². The quantitative estimate of drug-likeness (QED) is 0.464. The van der Waals surface area contributed by atoms with Crippen molar-refractivity contribution in [1.29, 1.82) is 0 Å². The van der Waals surface area contributed by atoms with Gasteiger partial charge in [0, 0.05) is 18.1 Å². The number of nitrogens with zero attached hydrogens (tertiary/aromatic N) is 2. The van der Waals surface area contributed by atoms with Crippen molar-refractivity contribution in [2.45, 2.75) is 46.0 Å². The molecule has 0 radical (unpaired) electrons. The van der Waals surface area contributed by atoms with Crippen molar-refractivity contribution < 1.29 is 0 Å². The van der Waals surface area contributed by atoms with Gasteiger partial charge in [0.05, 0.1) is 6.33 Å². The first kappa shape index (κ1) is 16.3. The van der Waals surface area contributed by atoms with Gasteiger partial charge in [-0.05, 0) is 56.7 Å². The molecular weight excluding hydrogens is 268 g/mol. The Hall–Kier alpha value is -2.09. The summed E-state index contributed by atoms with van der Waals surface area (Å²) in [5.74, 6) is 0. The monoisotopic (exact) mass is 294 g/mol. The number of benzene rings is 1. The van der Waals surface area contributed by atoms with E-state index in [4.69, 9.17) is 0 Å². The third-order valence-electron chi connectivity index (χ3n) is 3.77. The highest BCUT2D eigenvalue weighted by atomic mass is 15.0. The summed E-state index contributed by atoms with van der Waals surface area (Å²) in [4.78, 5) is 4.08. The first-order valence-corrected chi connectivity index (χ1v) is 8.22. The molecule has 0 aliphatic heterocycles. The fourth-order valence-corrected chi connectivity index (χ4v) is 2.63. The van der Waals surface area contributed by atoms with E-state index in [0.29, 0.717) is 0 Å². The number of rotatable bonds is 8. The van der Waals surface area contributed by atoms with E-state index < -0.39 is 0 Å². The van der Waals surface area contributed by atoms with Crippen LogP contribution in [0.5, 0.6) is 0 Å². The van der Waals surface area contributed by atoms with E-state index >= 15 is 0 Å². The molecule has 0 spiro atoms. The zero-order chi connectivity index (χ0) is 15.6. The second-order valence-electron chi connectivity index (χ2n) is 5.53. The van der Waals surface area contributed by atoms with Crippen LogP contribution in [0.2, 0.25) is 0 Å². The molecule has 116 valence electrons. The minimum absolute atomic E-state index is 1.12. The van der Waals surface area contributed by atoms with Crippen molar-refractivity contribution in [3.05, 3.63) is 72.4 Å². The number of aromatic nitrogens is 2. The van der Waals surface area contributed by atoms with Crippen LogP contribution in [0, 0.1) is 0 Å². The molecule has 0 amide bonds. The van der Waals surface area contributed by atoms with Crippen molar-refractivity contribution in [1.82, 2.24) is 9.55 Å². The van der Waals surface area contributed by atoms with Crippen LogP contribution in [0.15, 0.2) is 66.8 Å². The van der Waals surface area contributed by atoms with Gasteiger partial charge in [-0.1, -0.05) is 42.9 Å². The summed E-state index contributed by atoms with van der Waals surface area (Å²) in [6, 6.07) is 8.78. The topological polar surface area (TPSA) is 17.8 Å². The molecule has 2 nitrogen and oxygen atoms in total. The predicted octanol–water partition coefficient (Wildman–Crippen LogP) is 5.50. The van der Waals surface area contributed by atoms with Crippen molar-refractivity contribution >= 4 is 0 Å². The molecule has 1 heterocycles. The highest BCUT2D eigenvalue weighted by Gasteiger charge is 1.98. The molecule has 2 rings (SSSR count). The summed E-state index contributed by atoms with van der Waals surface area (Å²) >= 11 is 0. The Morgan fingerprint density at radius 1 is 1.18 bits per heavy atom. The highest BCUT2D eigenvalue weighted by molar-refractivity contribution is 5.34. The summed E-state index contributed by atoms with van der Waals surface area (Å²) in [6.45, 7) is 4.29. The largest absolute Gasteiger partial charge is 0.306 e. The molecule has 0 fully saturated rings. The van der Waals surface area contributed by atoms with Crippen LogP contribution < -0.4 is 0 Å². The number of aryl methyl sites for hydroxylation is 1. The van der Waals surface area contributed by atoms with Gasteiger partial charge < -0.3 is 4.57 Å². The zero-order valence-corrected chi connectivity index (χ0v) is 13.7. The lowest BCUT2D eigenvalue weighted by molar-refractivity contribution is 0.734. The summed E-state index contributed by atoms with van der Waals surface area (Å²) in [7, 11) is 0. The standard InChI is InChI=1S/C20H26N2/c1-3-7-18(8-4-2)9-5-6-10-19-11-13-20(14-12-19)22-16-15-21-17-22/h3,7-8,11-17H,4-6,9-10H2,1-2H3/b7-3-,18-8+. The molecule has 22 heavy (non-hydrogen) atoms. The molecule has 0 saturated carbocycles.